The van der Waals surface area contributed by atoms with Gasteiger partial charge in [0, 0.05) is 29.9 Å². The fourth-order valence-electron chi connectivity index (χ4n) is 1.77. The van der Waals surface area contributed by atoms with Crippen molar-refractivity contribution in [2.24, 2.45) is 0 Å². The first-order valence-electron chi connectivity index (χ1n) is 5.62. The van der Waals surface area contributed by atoms with Crippen LogP contribution in [0.3, 0.4) is 0 Å². The van der Waals surface area contributed by atoms with E-state index in [9.17, 15) is 8.42 Å². The third-order valence-electron chi connectivity index (χ3n) is 2.53. The van der Waals surface area contributed by atoms with Crippen molar-refractivity contribution in [3.05, 3.63) is 33.5 Å². The zero-order valence-electron chi connectivity index (χ0n) is 10.5. The predicted molar refractivity (Wildman–Crippen MR) is 78.8 cm³/mol. The lowest BCUT2D eigenvalue weighted by Gasteiger charge is -2.14. The van der Waals surface area contributed by atoms with Crippen LogP contribution < -0.4 is 4.72 Å². The van der Waals surface area contributed by atoms with Gasteiger partial charge in [-0.05, 0) is 35.8 Å². The lowest BCUT2D eigenvalue weighted by atomic mass is 10.4. The summed E-state index contributed by atoms with van der Waals surface area (Å²) < 4.78 is 29.8. The molecule has 5 nitrogen and oxygen atoms in total. The van der Waals surface area contributed by atoms with Crippen molar-refractivity contribution in [3.8, 4) is 0 Å². The molecule has 0 fully saturated rings. The quantitative estimate of drug-likeness (QED) is 0.886. The van der Waals surface area contributed by atoms with Crippen molar-refractivity contribution in [3.63, 3.8) is 0 Å². The number of aryl methyl sites for hydroxylation is 1. The first-order chi connectivity index (χ1) is 8.88. The van der Waals surface area contributed by atoms with Crippen LogP contribution >= 0.6 is 27.3 Å². The number of hydrogen-bond acceptors (Lipinski definition) is 4. The molecule has 2 rings (SSSR count). The standard InChI is InChI=1S/C11H14BrN3O2S2/c1-8(6-15-4-3-13-7-15)14-19(16,17)10-5-11(12)18-9(10)2/h3-5,7-8,14H,6H2,1-2H3. The maximum absolute atomic E-state index is 12.3. The Bertz CT molecular complexity index is 650. The Morgan fingerprint density at radius 3 is 2.84 bits per heavy atom. The minimum atomic E-state index is -3.48. The van der Waals surface area contributed by atoms with Gasteiger partial charge in [-0.15, -0.1) is 11.3 Å². The van der Waals surface area contributed by atoms with Gasteiger partial charge in [0.25, 0.3) is 0 Å². The number of hydrogen-bond donors (Lipinski definition) is 1. The number of thiophene rings is 1. The third-order valence-corrected chi connectivity index (χ3v) is 5.93. The van der Waals surface area contributed by atoms with Gasteiger partial charge in [-0.3, -0.25) is 0 Å². The summed E-state index contributed by atoms with van der Waals surface area (Å²) in [6.45, 7) is 4.17. The van der Waals surface area contributed by atoms with Crippen molar-refractivity contribution in [1.29, 1.82) is 0 Å². The van der Waals surface area contributed by atoms with Gasteiger partial charge >= 0.3 is 0 Å². The van der Waals surface area contributed by atoms with Crippen LogP contribution in [-0.2, 0) is 16.6 Å². The highest BCUT2D eigenvalue weighted by molar-refractivity contribution is 9.11. The molecule has 0 aliphatic heterocycles. The first-order valence-corrected chi connectivity index (χ1v) is 8.72. The van der Waals surface area contributed by atoms with Crippen LogP contribution in [0.2, 0.25) is 0 Å². The number of halogens is 1. The highest BCUT2D eigenvalue weighted by Crippen LogP contribution is 2.29. The average molecular weight is 364 g/mol. The molecule has 1 atom stereocenters. The molecule has 2 heterocycles. The zero-order valence-corrected chi connectivity index (χ0v) is 13.7. The maximum atomic E-state index is 12.3. The number of imidazole rings is 1. The Balaban J connectivity index is 2.11. The number of nitrogens with zero attached hydrogens (tertiary/aromatic N) is 2. The second kappa shape index (κ2) is 5.74. The molecule has 0 saturated carbocycles. The van der Waals surface area contributed by atoms with Gasteiger partial charge in [0.2, 0.25) is 10.0 Å². The lowest BCUT2D eigenvalue weighted by Crippen LogP contribution is -2.35. The van der Waals surface area contributed by atoms with Crippen LogP contribution in [-0.4, -0.2) is 24.0 Å². The summed E-state index contributed by atoms with van der Waals surface area (Å²) in [7, 11) is -3.48. The topological polar surface area (TPSA) is 64.0 Å². The Hall–Kier alpha value is -0.700. The summed E-state index contributed by atoms with van der Waals surface area (Å²) >= 11 is 4.71. The van der Waals surface area contributed by atoms with Gasteiger partial charge in [0.05, 0.1) is 15.0 Å². The van der Waals surface area contributed by atoms with Gasteiger partial charge in [0.1, 0.15) is 0 Å². The minimum absolute atomic E-state index is 0.211. The first kappa shape index (κ1) is 14.7. The SMILES string of the molecule is Cc1sc(Br)cc1S(=O)(=O)NC(C)Cn1ccnc1. The molecular weight excluding hydrogens is 350 g/mol. The lowest BCUT2D eigenvalue weighted by molar-refractivity contribution is 0.520. The largest absolute Gasteiger partial charge is 0.336 e. The predicted octanol–water partition coefficient (Wildman–Crippen LogP) is 2.38. The van der Waals surface area contributed by atoms with Gasteiger partial charge in [0.15, 0.2) is 0 Å². The minimum Gasteiger partial charge on any atom is -0.336 e. The smallest absolute Gasteiger partial charge is 0.242 e. The molecule has 19 heavy (non-hydrogen) atoms. The third kappa shape index (κ3) is 3.65. The molecule has 8 heteroatoms. The Labute approximate surface area is 124 Å². The van der Waals surface area contributed by atoms with E-state index in [2.05, 4.69) is 25.6 Å². The fourth-order valence-corrected chi connectivity index (χ4v) is 5.42. The number of sulfonamides is 1. The molecule has 0 amide bonds. The van der Waals surface area contributed by atoms with Crippen molar-refractivity contribution < 1.29 is 8.42 Å². The van der Waals surface area contributed by atoms with Gasteiger partial charge in [-0.25, -0.2) is 18.1 Å². The summed E-state index contributed by atoms with van der Waals surface area (Å²) in [5.41, 5.74) is 0. The molecule has 0 aliphatic rings. The molecule has 0 saturated heterocycles. The monoisotopic (exact) mass is 363 g/mol. The molecule has 2 aromatic heterocycles. The van der Waals surface area contributed by atoms with E-state index in [0.717, 1.165) is 8.66 Å². The normalized spacial score (nSPS) is 13.6. The van der Waals surface area contributed by atoms with E-state index in [0.29, 0.717) is 11.4 Å². The summed E-state index contributed by atoms with van der Waals surface area (Å²) in [5.74, 6) is 0. The molecule has 1 unspecified atom stereocenters. The molecular formula is C11H14BrN3O2S2. The van der Waals surface area contributed by atoms with Gasteiger partial charge in [-0.2, -0.15) is 0 Å². The molecule has 104 valence electrons. The van der Waals surface area contributed by atoms with Crippen molar-refractivity contribution in [1.82, 2.24) is 14.3 Å². The zero-order chi connectivity index (χ0) is 14.0. The molecule has 2 aromatic rings. The van der Waals surface area contributed by atoms with Crippen LogP contribution in [0.4, 0.5) is 0 Å². The van der Waals surface area contributed by atoms with Crippen molar-refractivity contribution >= 4 is 37.3 Å². The van der Waals surface area contributed by atoms with Gasteiger partial charge in [-0.1, -0.05) is 0 Å². The van der Waals surface area contributed by atoms with E-state index in [1.165, 1.54) is 11.3 Å². The van der Waals surface area contributed by atoms with Gasteiger partial charge < -0.3 is 4.57 Å². The Kier molecular flexibility index (Phi) is 4.44. The van der Waals surface area contributed by atoms with Crippen LogP contribution in [0.25, 0.3) is 0 Å². The fraction of sp³-hybridized carbons (Fsp3) is 0.364. The molecule has 0 radical (unpaired) electrons. The summed E-state index contributed by atoms with van der Waals surface area (Å²) in [6, 6.07) is 1.42. The summed E-state index contributed by atoms with van der Waals surface area (Å²) in [4.78, 5) is 5.04. The molecule has 0 aliphatic carbocycles. The Morgan fingerprint density at radius 2 is 2.32 bits per heavy atom. The van der Waals surface area contributed by atoms with Crippen molar-refractivity contribution in [2.45, 2.75) is 31.3 Å². The highest BCUT2D eigenvalue weighted by Gasteiger charge is 2.21. The van der Waals surface area contributed by atoms with E-state index in [-0.39, 0.29) is 6.04 Å². The number of aromatic nitrogens is 2. The maximum Gasteiger partial charge on any atom is 0.242 e. The molecule has 1 N–H and O–H groups in total. The highest BCUT2D eigenvalue weighted by atomic mass is 79.9. The van der Waals surface area contributed by atoms with Crippen LogP contribution in [0.5, 0.6) is 0 Å². The van der Waals surface area contributed by atoms with E-state index in [4.69, 9.17) is 0 Å². The second-order valence-corrected chi connectivity index (χ2v) is 8.57. The molecule has 0 aromatic carbocycles. The van der Waals surface area contributed by atoms with E-state index < -0.39 is 10.0 Å². The molecule has 0 bridgehead atoms. The van der Waals surface area contributed by atoms with Crippen LogP contribution in [0.1, 0.15) is 11.8 Å². The molecule has 0 spiro atoms. The average Bonchev–Trinajstić information content (AvgIpc) is 2.87. The van der Waals surface area contributed by atoms with E-state index in [1.54, 1.807) is 31.7 Å². The summed E-state index contributed by atoms with van der Waals surface area (Å²) in [6.07, 6.45) is 5.13. The van der Waals surface area contributed by atoms with E-state index >= 15 is 0 Å². The summed E-state index contributed by atoms with van der Waals surface area (Å²) in [5, 5.41) is 0. The number of nitrogens with one attached hydrogen (secondary N) is 1. The van der Waals surface area contributed by atoms with Crippen LogP contribution in [0.15, 0.2) is 33.5 Å². The Morgan fingerprint density at radius 1 is 1.58 bits per heavy atom. The second-order valence-electron chi connectivity index (χ2n) is 4.25. The van der Waals surface area contributed by atoms with Crippen LogP contribution in [0, 0.1) is 6.92 Å². The van der Waals surface area contributed by atoms with E-state index in [1.807, 2.05) is 11.5 Å². The number of rotatable bonds is 5. The van der Waals surface area contributed by atoms with Crippen molar-refractivity contribution in [2.75, 3.05) is 0 Å².